The quantitative estimate of drug-likeness (QED) is 0.919. The van der Waals surface area contributed by atoms with Crippen LogP contribution in [0, 0.1) is 5.41 Å². The normalized spacial score (nSPS) is 28.8. The third kappa shape index (κ3) is 3.15. The lowest BCUT2D eigenvalue weighted by molar-refractivity contribution is -0.137. The van der Waals surface area contributed by atoms with E-state index < -0.39 is 11.7 Å². The van der Waals surface area contributed by atoms with Crippen LogP contribution < -0.4 is 10.6 Å². The molecular weight excluding hydrogens is 319 g/mol. The molecule has 3 rings (SSSR count). The van der Waals surface area contributed by atoms with Crippen LogP contribution >= 0.6 is 0 Å². The average molecular weight is 341 g/mol. The number of likely N-dealkylation sites (tertiary alicyclic amines) is 1. The zero-order valence-corrected chi connectivity index (χ0v) is 13.6. The molecule has 1 aromatic rings. The van der Waals surface area contributed by atoms with Crippen LogP contribution in [0.15, 0.2) is 24.3 Å². The molecule has 24 heavy (non-hydrogen) atoms. The Morgan fingerprint density at radius 1 is 1.25 bits per heavy atom. The number of carbonyl (C=O) groups is 1. The molecule has 2 saturated heterocycles. The molecule has 0 spiro atoms. The van der Waals surface area contributed by atoms with Gasteiger partial charge in [0.15, 0.2) is 0 Å². The average Bonchev–Trinajstić information content (AvgIpc) is 3.10. The monoisotopic (exact) mass is 341 g/mol. The van der Waals surface area contributed by atoms with Crippen molar-refractivity contribution in [2.24, 2.45) is 11.1 Å². The molecule has 2 heterocycles. The minimum Gasteiger partial charge on any atom is -0.330 e. The molecule has 0 bridgehead atoms. The van der Waals surface area contributed by atoms with Gasteiger partial charge in [-0.05, 0) is 55.6 Å². The van der Waals surface area contributed by atoms with Gasteiger partial charge in [0.1, 0.15) is 0 Å². The minimum atomic E-state index is -4.36. The Labute approximate surface area is 139 Å². The lowest BCUT2D eigenvalue weighted by atomic mass is 9.90. The molecule has 2 aliphatic heterocycles. The summed E-state index contributed by atoms with van der Waals surface area (Å²) in [4.78, 5) is 16.5. The number of alkyl halides is 3. The Kier molecular flexibility index (Phi) is 4.34. The van der Waals surface area contributed by atoms with Crippen LogP contribution in [0.4, 0.5) is 18.9 Å². The maximum Gasteiger partial charge on any atom is 0.416 e. The first kappa shape index (κ1) is 17.2. The fraction of sp³-hybridized carbons (Fsp3) is 0.588. The maximum absolute atomic E-state index is 12.7. The summed E-state index contributed by atoms with van der Waals surface area (Å²) in [6.07, 6.45) is -2.70. The third-order valence-electron chi connectivity index (χ3n) is 5.20. The van der Waals surface area contributed by atoms with E-state index in [1.54, 1.807) is 4.90 Å². The maximum atomic E-state index is 12.7. The highest BCUT2D eigenvalue weighted by Crippen LogP contribution is 2.35. The topological polar surface area (TPSA) is 49.6 Å². The number of halogens is 3. The highest BCUT2D eigenvalue weighted by molar-refractivity contribution is 5.99. The van der Waals surface area contributed by atoms with Crippen molar-refractivity contribution in [3.63, 3.8) is 0 Å². The van der Waals surface area contributed by atoms with Crippen LogP contribution in [0.2, 0.25) is 0 Å². The summed E-state index contributed by atoms with van der Waals surface area (Å²) in [6, 6.07) is 4.60. The number of hydrogen-bond acceptors (Lipinski definition) is 3. The highest BCUT2D eigenvalue weighted by atomic mass is 19.4. The lowest BCUT2D eigenvalue weighted by Crippen LogP contribution is -2.42. The number of anilines is 1. The van der Waals surface area contributed by atoms with E-state index in [9.17, 15) is 18.0 Å². The van der Waals surface area contributed by atoms with Crippen molar-refractivity contribution in [3.05, 3.63) is 29.8 Å². The molecule has 2 unspecified atom stereocenters. The molecule has 132 valence electrons. The van der Waals surface area contributed by atoms with Gasteiger partial charge in [0, 0.05) is 18.8 Å². The Hall–Kier alpha value is -1.60. The van der Waals surface area contributed by atoms with Gasteiger partial charge >= 0.3 is 6.18 Å². The Morgan fingerprint density at radius 3 is 2.46 bits per heavy atom. The van der Waals surface area contributed by atoms with Gasteiger partial charge in [0.05, 0.1) is 11.6 Å². The van der Waals surface area contributed by atoms with Gasteiger partial charge in [-0.3, -0.25) is 9.69 Å². The number of amides is 1. The predicted molar refractivity (Wildman–Crippen MR) is 85.6 cm³/mol. The van der Waals surface area contributed by atoms with E-state index in [1.807, 2.05) is 0 Å². The van der Waals surface area contributed by atoms with Crippen LogP contribution in [0.5, 0.6) is 0 Å². The summed E-state index contributed by atoms with van der Waals surface area (Å²) < 4.78 is 37.9. The molecule has 2 atom stereocenters. The molecule has 1 aromatic carbocycles. The summed E-state index contributed by atoms with van der Waals surface area (Å²) in [7, 11) is 0. The fourth-order valence-corrected chi connectivity index (χ4v) is 3.58. The van der Waals surface area contributed by atoms with Crippen molar-refractivity contribution in [2.75, 3.05) is 31.1 Å². The third-order valence-corrected chi connectivity index (χ3v) is 5.20. The van der Waals surface area contributed by atoms with Crippen LogP contribution in [-0.4, -0.2) is 43.0 Å². The smallest absolute Gasteiger partial charge is 0.330 e. The molecule has 0 aliphatic carbocycles. The van der Waals surface area contributed by atoms with Crippen molar-refractivity contribution in [2.45, 2.75) is 32.0 Å². The second-order valence-electron chi connectivity index (χ2n) is 7.07. The highest BCUT2D eigenvalue weighted by Gasteiger charge is 2.42. The Morgan fingerprint density at radius 2 is 1.92 bits per heavy atom. The molecular formula is C17H22F3N3O. The summed E-state index contributed by atoms with van der Waals surface area (Å²) >= 11 is 0. The summed E-state index contributed by atoms with van der Waals surface area (Å²) in [5.74, 6) is -0.0315. The number of nitrogens with zero attached hydrogens (tertiary/aromatic N) is 2. The second-order valence-corrected chi connectivity index (χ2v) is 7.07. The SMILES string of the molecule is CC1(CN)CCN(C2CCN(c3ccc(C(F)(F)F)cc3)C2=O)C1. The summed E-state index contributed by atoms with van der Waals surface area (Å²) in [6.45, 7) is 4.88. The largest absolute Gasteiger partial charge is 0.416 e. The summed E-state index contributed by atoms with van der Waals surface area (Å²) in [5.41, 5.74) is 5.68. The van der Waals surface area contributed by atoms with E-state index in [2.05, 4.69) is 11.8 Å². The van der Waals surface area contributed by atoms with Gasteiger partial charge in [-0.25, -0.2) is 0 Å². The molecule has 0 saturated carbocycles. The number of benzene rings is 1. The molecule has 2 N–H and O–H groups in total. The number of nitrogens with two attached hydrogens (primary N) is 1. The number of rotatable bonds is 3. The van der Waals surface area contributed by atoms with Gasteiger partial charge in [-0.2, -0.15) is 13.2 Å². The van der Waals surface area contributed by atoms with Crippen LogP contribution in [0.1, 0.15) is 25.3 Å². The van der Waals surface area contributed by atoms with E-state index in [-0.39, 0.29) is 17.4 Å². The van der Waals surface area contributed by atoms with Crippen molar-refractivity contribution >= 4 is 11.6 Å². The molecule has 0 aromatic heterocycles. The van der Waals surface area contributed by atoms with Gasteiger partial charge in [0.2, 0.25) is 5.91 Å². The molecule has 0 radical (unpaired) electrons. The van der Waals surface area contributed by atoms with E-state index in [1.165, 1.54) is 12.1 Å². The zero-order valence-electron chi connectivity index (χ0n) is 13.6. The van der Waals surface area contributed by atoms with Crippen LogP contribution in [0.25, 0.3) is 0 Å². The van der Waals surface area contributed by atoms with Gasteiger partial charge < -0.3 is 10.6 Å². The molecule has 7 heteroatoms. The van der Waals surface area contributed by atoms with Crippen molar-refractivity contribution in [1.29, 1.82) is 0 Å². The van der Waals surface area contributed by atoms with E-state index in [4.69, 9.17) is 5.73 Å². The van der Waals surface area contributed by atoms with E-state index >= 15 is 0 Å². The first-order valence-electron chi connectivity index (χ1n) is 8.16. The van der Waals surface area contributed by atoms with Crippen LogP contribution in [0.3, 0.4) is 0 Å². The van der Waals surface area contributed by atoms with Crippen LogP contribution in [-0.2, 0) is 11.0 Å². The van der Waals surface area contributed by atoms with Crippen molar-refractivity contribution in [3.8, 4) is 0 Å². The fourth-order valence-electron chi connectivity index (χ4n) is 3.58. The zero-order chi connectivity index (χ0) is 17.5. The van der Waals surface area contributed by atoms with Gasteiger partial charge in [-0.1, -0.05) is 6.92 Å². The Bertz CT molecular complexity index is 617. The second kappa shape index (κ2) is 6.04. The van der Waals surface area contributed by atoms with Gasteiger partial charge in [-0.15, -0.1) is 0 Å². The number of carbonyl (C=O) groups excluding carboxylic acids is 1. The van der Waals surface area contributed by atoms with Crippen molar-refractivity contribution < 1.29 is 18.0 Å². The molecule has 2 aliphatic rings. The van der Waals surface area contributed by atoms with E-state index in [0.29, 0.717) is 25.2 Å². The van der Waals surface area contributed by atoms with E-state index in [0.717, 1.165) is 31.6 Å². The number of hydrogen-bond donors (Lipinski definition) is 1. The molecule has 2 fully saturated rings. The predicted octanol–water partition coefficient (Wildman–Crippen LogP) is 2.48. The first-order valence-corrected chi connectivity index (χ1v) is 8.16. The summed E-state index contributed by atoms with van der Waals surface area (Å²) in [5, 5.41) is 0. The molecule has 4 nitrogen and oxygen atoms in total. The van der Waals surface area contributed by atoms with Crippen molar-refractivity contribution in [1.82, 2.24) is 4.90 Å². The minimum absolute atomic E-state index is 0.0315. The van der Waals surface area contributed by atoms with Gasteiger partial charge in [0.25, 0.3) is 0 Å². The molecule has 1 amide bonds. The Balaban J connectivity index is 1.71. The first-order chi connectivity index (χ1) is 11.2. The standard InChI is InChI=1S/C17H22F3N3O/c1-16(10-21)7-9-22(11-16)14-6-8-23(15(14)24)13-4-2-12(3-5-13)17(18,19)20/h2-5,14H,6-11,21H2,1H3. The lowest BCUT2D eigenvalue weighted by Gasteiger charge is -2.26.